The number of hydrogen-bond donors (Lipinski definition) is 0. The van der Waals surface area contributed by atoms with Gasteiger partial charge in [0.15, 0.2) is 5.82 Å². The second-order valence-electron chi connectivity index (χ2n) is 7.75. The maximum atomic E-state index is 6.17. The third kappa shape index (κ3) is 2.35. The predicted octanol–water partition coefficient (Wildman–Crippen LogP) is 2.40. The van der Waals surface area contributed by atoms with Crippen molar-refractivity contribution in [1.82, 2.24) is 19.6 Å². The third-order valence-electron chi connectivity index (χ3n) is 4.27. The Balaban J connectivity index is 1.77. The van der Waals surface area contributed by atoms with E-state index in [-0.39, 0.29) is 11.2 Å². The maximum absolute atomic E-state index is 6.17. The van der Waals surface area contributed by atoms with Gasteiger partial charge in [0.2, 0.25) is 5.65 Å². The van der Waals surface area contributed by atoms with Crippen molar-refractivity contribution < 1.29 is 4.74 Å². The second kappa shape index (κ2) is 4.41. The maximum Gasteiger partial charge on any atom is 0.203 e. The van der Waals surface area contributed by atoms with Crippen LogP contribution in [-0.4, -0.2) is 43.9 Å². The monoisotopic (exact) mass is 301 g/mol. The zero-order valence-electron chi connectivity index (χ0n) is 13.7. The van der Waals surface area contributed by atoms with Crippen molar-refractivity contribution in [3.63, 3.8) is 0 Å². The molecule has 0 aromatic carbocycles. The smallest absolute Gasteiger partial charge is 0.203 e. The Kier molecular flexibility index (Phi) is 2.79. The van der Waals surface area contributed by atoms with Gasteiger partial charge in [0.1, 0.15) is 5.82 Å². The number of anilines is 1. The standard InChI is InChI=1S/C16H23N5O/c1-15(2)9-20(10-16(3,4)22-15)13-14-19-18-12(11-5-6-11)21(14)8-7-17-13/h7-8,11H,5-6,9-10H2,1-4H3. The summed E-state index contributed by atoms with van der Waals surface area (Å²) in [5.74, 6) is 2.56. The SMILES string of the molecule is CC1(C)CN(c2nccn3c(C4CC4)nnc23)CC(C)(C)O1. The molecule has 2 fully saturated rings. The molecule has 2 aromatic rings. The minimum absolute atomic E-state index is 0.213. The van der Waals surface area contributed by atoms with Crippen molar-refractivity contribution >= 4 is 11.5 Å². The van der Waals surface area contributed by atoms with E-state index in [0.29, 0.717) is 5.92 Å². The Labute approximate surface area is 130 Å². The van der Waals surface area contributed by atoms with Gasteiger partial charge in [-0.1, -0.05) is 0 Å². The van der Waals surface area contributed by atoms with Crippen molar-refractivity contribution in [1.29, 1.82) is 0 Å². The first-order valence-corrected chi connectivity index (χ1v) is 7.99. The normalized spacial score (nSPS) is 23.9. The van der Waals surface area contributed by atoms with Crippen molar-refractivity contribution in [2.45, 2.75) is 57.7 Å². The van der Waals surface area contributed by atoms with Crippen LogP contribution in [0.5, 0.6) is 0 Å². The van der Waals surface area contributed by atoms with Crippen molar-refractivity contribution in [2.24, 2.45) is 0 Å². The Hall–Kier alpha value is -1.69. The minimum Gasteiger partial charge on any atom is -0.366 e. The van der Waals surface area contributed by atoms with E-state index < -0.39 is 0 Å². The quantitative estimate of drug-likeness (QED) is 0.852. The molecular weight excluding hydrogens is 278 g/mol. The van der Waals surface area contributed by atoms with E-state index in [4.69, 9.17) is 4.74 Å². The van der Waals surface area contributed by atoms with Crippen molar-refractivity contribution in [2.75, 3.05) is 18.0 Å². The lowest BCUT2D eigenvalue weighted by atomic mass is 9.99. The molecule has 1 aliphatic carbocycles. The molecule has 0 N–H and O–H groups in total. The molecule has 118 valence electrons. The molecule has 2 aromatic heterocycles. The van der Waals surface area contributed by atoms with E-state index in [9.17, 15) is 0 Å². The highest BCUT2D eigenvalue weighted by atomic mass is 16.5. The summed E-state index contributed by atoms with van der Waals surface area (Å²) in [6, 6.07) is 0. The van der Waals surface area contributed by atoms with Crippen LogP contribution in [0, 0.1) is 0 Å². The number of nitrogens with zero attached hydrogens (tertiary/aromatic N) is 5. The summed E-state index contributed by atoms with van der Waals surface area (Å²) in [7, 11) is 0. The topological polar surface area (TPSA) is 55.6 Å². The van der Waals surface area contributed by atoms with Crippen LogP contribution in [0.4, 0.5) is 5.82 Å². The molecule has 22 heavy (non-hydrogen) atoms. The summed E-state index contributed by atoms with van der Waals surface area (Å²) in [6.07, 6.45) is 6.27. The molecule has 0 amide bonds. The van der Waals surface area contributed by atoms with Gasteiger partial charge in [-0.2, -0.15) is 0 Å². The van der Waals surface area contributed by atoms with Gasteiger partial charge in [-0.3, -0.25) is 4.40 Å². The highest BCUT2D eigenvalue weighted by Crippen LogP contribution is 2.40. The number of ether oxygens (including phenoxy) is 1. The number of rotatable bonds is 2. The molecule has 0 bridgehead atoms. The zero-order chi connectivity index (χ0) is 15.5. The lowest BCUT2D eigenvalue weighted by molar-refractivity contribution is -0.133. The molecule has 1 saturated carbocycles. The molecule has 6 heteroatoms. The Morgan fingerprint density at radius 3 is 2.41 bits per heavy atom. The largest absolute Gasteiger partial charge is 0.366 e. The van der Waals surface area contributed by atoms with E-state index >= 15 is 0 Å². The minimum atomic E-state index is -0.213. The number of hydrogen-bond acceptors (Lipinski definition) is 5. The molecule has 6 nitrogen and oxygen atoms in total. The molecule has 0 spiro atoms. The van der Waals surface area contributed by atoms with Crippen LogP contribution in [0.25, 0.3) is 5.65 Å². The van der Waals surface area contributed by atoms with Crippen LogP contribution >= 0.6 is 0 Å². The molecule has 0 atom stereocenters. The van der Waals surface area contributed by atoms with Crippen molar-refractivity contribution in [3.05, 3.63) is 18.2 Å². The number of fused-ring (bicyclic) bond motifs is 1. The van der Waals surface area contributed by atoms with Crippen molar-refractivity contribution in [3.8, 4) is 0 Å². The first kappa shape index (κ1) is 13.9. The van der Waals surface area contributed by atoms with Crippen LogP contribution in [-0.2, 0) is 4.74 Å². The predicted molar refractivity (Wildman–Crippen MR) is 84.2 cm³/mol. The summed E-state index contributed by atoms with van der Waals surface area (Å²) in [5, 5.41) is 8.82. The Morgan fingerprint density at radius 2 is 1.77 bits per heavy atom. The van der Waals surface area contributed by atoms with Crippen LogP contribution in [0.2, 0.25) is 0 Å². The van der Waals surface area contributed by atoms with Gasteiger partial charge in [0.05, 0.1) is 11.2 Å². The first-order valence-electron chi connectivity index (χ1n) is 7.99. The summed E-state index contributed by atoms with van der Waals surface area (Å²) in [6.45, 7) is 10.1. The van der Waals surface area contributed by atoms with Crippen LogP contribution in [0.3, 0.4) is 0 Å². The van der Waals surface area contributed by atoms with E-state index in [1.54, 1.807) is 0 Å². The number of morpholine rings is 1. The lowest BCUT2D eigenvalue weighted by Gasteiger charge is -2.47. The summed E-state index contributed by atoms with van der Waals surface area (Å²) in [4.78, 5) is 6.88. The van der Waals surface area contributed by atoms with Gasteiger partial charge < -0.3 is 9.64 Å². The Morgan fingerprint density at radius 1 is 1.09 bits per heavy atom. The fraction of sp³-hybridized carbons (Fsp3) is 0.688. The second-order valence-corrected chi connectivity index (χ2v) is 7.75. The average Bonchev–Trinajstić information content (AvgIpc) is 3.14. The van der Waals surface area contributed by atoms with Gasteiger partial charge in [-0.25, -0.2) is 4.98 Å². The third-order valence-corrected chi connectivity index (χ3v) is 4.27. The highest BCUT2D eigenvalue weighted by molar-refractivity contribution is 5.64. The molecule has 4 rings (SSSR count). The first-order chi connectivity index (χ1) is 10.3. The van der Waals surface area contributed by atoms with E-state index in [0.717, 1.165) is 30.4 Å². The summed E-state index contributed by atoms with van der Waals surface area (Å²) >= 11 is 0. The Bertz CT molecular complexity index is 700. The summed E-state index contributed by atoms with van der Waals surface area (Å²) < 4.78 is 8.27. The molecule has 1 saturated heterocycles. The van der Waals surface area contributed by atoms with Gasteiger partial charge >= 0.3 is 0 Å². The van der Waals surface area contributed by atoms with Crippen LogP contribution in [0.1, 0.15) is 52.3 Å². The van der Waals surface area contributed by atoms with Gasteiger partial charge in [-0.05, 0) is 40.5 Å². The fourth-order valence-corrected chi connectivity index (χ4v) is 3.61. The fourth-order valence-electron chi connectivity index (χ4n) is 3.61. The van der Waals surface area contributed by atoms with Gasteiger partial charge in [0.25, 0.3) is 0 Å². The lowest BCUT2D eigenvalue weighted by Crippen LogP contribution is -2.57. The molecule has 1 aliphatic heterocycles. The molecule has 2 aliphatic rings. The number of aromatic nitrogens is 4. The zero-order valence-corrected chi connectivity index (χ0v) is 13.7. The molecule has 3 heterocycles. The van der Waals surface area contributed by atoms with Crippen LogP contribution < -0.4 is 4.90 Å². The summed E-state index contributed by atoms with van der Waals surface area (Å²) in [5.41, 5.74) is 0.434. The van der Waals surface area contributed by atoms with Crippen LogP contribution in [0.15, 0.2) is 12.4 Å². The van der Waals surface area contributed by atoms with Gasteiger partial charge in [-0.15, -0.1) is 10.2 Å². The molecular formula is C16H23N5O. The average molecular weight is 301 g/mol. The van der Waals surface area contributed by atoms with E-state index in [1.807, 2.05) is 12.4 Å². The van der Waals surface area contributed by atoms with E-state index in [2.05, 4.69) is 52.2 Å². The van der Waals surface area contributed by atoms with Gasteiger partial charge in [0, 0.05) is 31.4 Å². The molecule has 0 radical (unpaired) electrons. The van der Waals surface area contributed by atoms with E-state index in [1.165, 1.54) is 12.8 Å². The molecule has 0 unspecified atom stereocenters. The highest BCUT2D eigenvalue weighted by Gasteiger charge is 2.39.